The zero-order valence-electron chi connectivity index (χ0n) is 11.1. The molecule has 1 aliphatic heterocycles. The number of sulfonamides is 1. The molecule has 116 valence electrons. The first-order valence-corrected chi connectivity index (χ1v) is 8.08. The van der Waals surface area contributed by atoms with E-state index in [9.17, 15) is 22.0 Å². The van der Waals surface area contributed by atoms with Crippen LogP contribution in [0.2, 0.25) is 5.02 Å². The molecule has 1 aromatic rings. The summed E-state index contributed by atoms with van der Waals surface area (Å²) in [7, 11) is -2.06. The van der Waals surface area contributed by atoms with Gasteiger partial charge < -0.3 is 5.32 Å². The van der Waals surface area contributed by atoms with Crippen molar-refractivity contribution in [2.75, 3.05) is 12.8 Å². The molecule has 5 nitrogen and oxygen atoms in total. The normalized spacial score (nSPS) is 21.4. The zero-order valence-corrected chi connectivity index (χ0v) is 12.6. The monoisotopic (exact) mass is 338 g/mol. The van der Waals surface area contributed by atoms with Gasteiger partial charge in [-0.05, 0) is 18.1 Å². The van der Waals surface area contributed by atoms with Crippen LogP contribution < -0.4 is 5.32 Å². The molecule has 1 aromatic carbocycles. The van der Waals surface area contributed by atoms with Gasteiger partial charge >= 0.3 is 0 Å². The number of carbonyl (C=O) groups is 1. The van der Waals surface area contributed by atoms with Gasteiger partial charge in [-0.15, -0.1) is 0 Å². The van der Waals surface area contributed by atoms with E-state index in [1.807, 2.05) is 0 Å². The predicted octanol–water partition coefficient (Wildman–Crippen LogP) is 1.27. The number of nitrogens with one attached hydrogen (secondary N) is 1. The molecule has 0 spiro atoms. The SMILES string of the molecule is CN1C(C(=O)NCc2ccc(F)c(F)c2Cl)CCS1(=O)=O. The summed E-state index contributed by atoms with van der Waals surface area (Å²) in [6, 6.07) is 1.38. The van der Waals surface area contributed by atoms with Crippen molar-refractivity contribution < 1.29 is 22.0 Å². The number of amides is 1. The van der Waals surface area contributed by atoms with Crippen LogP contribution in [0.3, 0.4) is 0 Å². The van der Waals surface area contributed by atoms with E-state index in [-0.39, 0.29) is 24.3 Å². The summed E-state index contributed by atoms with van der Waals surface area (Å²) in [5.74, 6) is -2.84. The average Bonchev–Trinajstić information content (AvgIpc) is 2.70. The number of halogens is 3. The highest BCUT2D eigenvalue weighted by Crippen LogP contribution is 2.23. The van der Waals surface area contributed by atoms with Crippen LogP contribution in [0.1, 0.15) is 12.0 Å². The Bertz CT molecular complexity index is 681. The summed E-state index contributed by atoms with van der Waals surface area (Å²) >= 11 is 5.64. The standard InChI is InChI=1S/C12H13ClF2N2O3S/c1-17-9(4-5-21(17,19)20)12(18)16-6-7-2-3-8(14)11(15)10(7)13/h2-3,9H,4-6H2,1H3,(H,16,18). The van der Waals surface area contributed by atoms with Gasteiger partial charge in [0.15, 0.2) is 11.6 Å². The van der Waals surface area contributed by atoms with E-state index in [1.54, 1.807) is 0 Å². The molecular weight excluding hydrogens is 326 g/mol. The molecule has 1 atom stereocenters. The van der Waals surface area contributed by atoms with Crippen molar-refractivity contribution in [2.24, 2.45) is 0 Å². The Kier molecular flexibility index (Phi) is 4.50. The summed E-state index contributed by atoms with van der Waals surface area (Å²) in [5.41, 5.74) is 0.215. The number of benzene rings is 1. The minimum atomic E-state index is -3.39. The number of likely N-dealkylation sites (N-methyl/N-ethyl adjacent to an activating group) is 1. The van der Waals surface area contributed by atoms with Crippen molar-refractivity contribution in [1.82, 2.24) is 9.62 Å². The van der Waals surface area contributed by atoms with Gasteiger partial charge in [0.25, 0.3) is 0 Å². The van der Waals surface area contributed by atoms with Crippen LogP contribution in [0.5, 0.6) is 0 Å². The van der Waals surface area contributed by atoms with E-state index >= 15 is 0 Å². The topological polar surface area (TPSA) is 66.5 Å². The minimum Gasteiger partial charge on any atom is -0.351 e. The Balaban J connectivity index is 2.04. The molecule has 21 heavy (non-hydrogen) atoms. The second kappa shape index (κ2) is 5.86. The lowest BCUT2D eigenvalue weighted by Gasteiger charge is -2.17. The van der Waals surface area contributed by atoms with Crippen LogP contribution in [-0.4, -0.2) is 37.5 Å². The Morgan fingerprint density at radius 1 is 1.48 bits per heavy atom. The summed E-state index contributed by atoms with van der Waals surface area (Å²) < 4.78 is 50.2. The molecule has 1 N–H and O–H groups in total. The van der Waals surface area contributed by atoms with Gasteiger partial charge in [-0.3, -0.25) is 4.79 Å². The molecule has 0 radical (unpaired) electrons. The van der Waals surface area contributed by atoms with Gasteiger partial charge in [-0.25, -0.2) is 17.2 Å². The second-order valence-corrected chi connectivity index (χ2v) is 7.21. The minimum absolute atomic E-state index is 0.0898. The first kappa shape index (κ1) is 16.1. The zero-order chi connectivity index (χ0) is 15.8. The third kappa shape index (κ3) is 3.17. The maximum atomic E-state index is 13.3. The molecule has 1 unspecified atom stereocenters. The summed E-state index contributed by atoms with van der Waals surface area (Å²) in [6.07, 6.45) is 0.191. The van der Waals surface area contributed by atoms with Crippen molar-refractivity contribution in [3.05, 3.63) is 34.4 Å². The van der Waals surface area contributed by atoms with Gasteiger partial charge in [0.05, 0.1) is 10.8 Å². The molecule has 9 heteroatoms. The molecule has 1 heterocycles. The largest absolute Gasteiger partial charge is 0.351 e. The smallest absolute Gasteiger partial charge is 0.238 e. The first-order chi connectivity index (χ1) is 9.74. The van der Waals surface area contributed by atoms with Gasteiger partial charge in [0.2, 0.25) is 15.9 Å². The fraction of sp³-hybridized carbons (Fsp3) is 0.417. The Morgan fingerprint density at radius 3 is 2.71 bits per heavy atom. The predicted molar refractivity (Wildman–Crippen MR) is 73.2 cm³/mol. The lowest BCUT2D eigenvalue weighted by molar-refractivity contribution is -0.124. The first-order valence-electron chi connectivity index (χ1n) is 6.10. The van der Waals surface area contributed by atoms with E-state index in [1.165, 1.54) is 13.1 Å². The molecule has 0 saturated carbocycles. The molecule has 0 aliphatic carbocycles. The highest BCUT2D eigenvalue weighted by Gasteiger charge is 2.38. The van der Waals surface area contributed by atoms with Crippen LogP contribution in [0.4, 0.5) is 8.78 Å². The van der Waals surface area contributed by atoms with Gasteiger partial charge in [-0.1, -0.05) is 17.7 Å². The van der Waals surface area contributed by atoms with Crippen molar-refractivity contribution >= 4 is 27.5 Å². The number of rotatable bonds is 3. The van der Waals surface area contributed by atoms with Gasteiger partial charge in [0, 0.05) is 13.6 Å². The second-order valence-electron chi connectivity index (χ2n) is 4.69. The third-order valence-corrected chi connectivity index (χ3v) is 5.69. The number of hydrogen-bond acceptors (Lipinski definition) is 3. The van der Waals surface area contributed by atoms with Crippen molar-refractivity contribution in [3.63, 3.8) is 0 Å². The third-order valence-electron chi connectivity index (χ3n) is 3.40. The van der Waals surface area contributed by atoms with Crippen LogP contribution in [-0.2, 0) is 21.4 Å². The Hall–Kier alpha value is -1.25. The van der Waals surface area contributed by atoms with Gasteiger partial charge in [0.1, 0.15) is 6.04 Å². The summed E-state index contributed by atoms with van der Waals surface area (Å²) in [4.78, 5) is 12.0. The van der Waals surface area contributed by atoms with Gasteiger partial charge in [-0.2, -0.15) is 4.31 Å². The molecule has 1 saturated heterocycles. The highest BCUT2D eigenvalue weighted by molar-refractivity contribution is 7.89. The molecule has 1 amide bonds. The average molecular weight is 339 g/mol. The number of nitrogens with zero attached hydrogens (tertiary/aromatic N) is 1. The molecule has 0 aromatic heterocycles. The molecule has 2 rings (SSSR count). The Morgan fingerprint density at radius 2 is 2.14 bits per heavy atom. The fourth-order valence-electron chi connectivity index (χ4n) is 2.08. The fourth-order valence-corrected chi connectivity index (χ4v) is 3.70. The highest BCUT2D eigenvalue weighted by atomic mass is 35.5. The van der Waals surface area contributed by atoms with Crippen LogP contribution >= 0.6 is 11.6 Å². The molecular formula is C12H13ClF2N2O3S. The Labute approximate surface area is 125 Å². The summed E-state index contributed by atoms with van der Waals surface area (Å²) in [5, 5.41) is 2.08. The quantitative estimate of drug-likeness (QED) is 0.844. The van der Waals surface area contributed by atoms with E-state index in [0.29, 0.717) is 0 Å². The molecule has 1 fully saturated rings. The molecule has 1 aliphatic rings. The summed E-state index contributed by atoms with van der Waals surface area (Å²) in [6.45, 7) is -0.112. The van der Waals surface area contributed by atoms with Crippen molar-refractivity contribution in [2.45, 2.75) is 19.0 Å². The van der Waals surface area contributed by atoms with Crippen LogP contribution in [0, 0.1) is 11.6 Å². The maximum Gasteiger partial charge on any atom is 0.238 e. The lowest BCUT2D eigenvalue weighted by Crippen LogP contribution is -2.42. The number of hydrogen-bond donors (Lipinski definition) is 1. The van der Waals surface area contributed by atoms with Crippen molar-refractivity contribution in [3.8, 4) is 0 Å². The van der Waals surface area contributed by atoms with E-state index in [0.717, 1.165) is 10.4 Å². The van der Waals surface area contributed by atoms with Crippen LogP contribution in [0.25, 0.3) is 0 Å². The van der Waals surface area contributed by atoms with E-state index in [2.05, 4.69) is 5.32 Å². The van der Waals surface area contributed by atoms with Crippen LogP contribution in [0.15, 0.2) is 12.1 Å². The van der Waals surface area contributed by atoms with E-state index in [4.69, 9.17) is 11.6 Å². The van der Waals surface area contributed by atoms with E-state index < -0.39 is 38.6 Å². The number of carbonyl (C=O) groups excluding carboxylic acids is 1. The molecule has 0 bridgehead atoms. The lowest BCUT2D eigenvalue weighted by atomic mass is 10.2. The van der Waals surface area contributed by atoms with Crippen molar-refractivity contribution in [1.29, 1.82) is 0 Å². The maximum absolute atomic E-state index is 13.3.